The van der Waals surface area contributed by atoms with Crippen molar-refractivity contribution in [1.82, 2.24) is 15.6 Å². The maximum Gasteiger partial charge on any atom is 0.408 e. The Morgan fingerprint density at radius 1 is 1.10 bits per heavy atom. The smallest absolute Gasteiger partial charge is 0.408 e. The minimum atomic E-state index is -0.738. The zero-order chi connectivity index (χ0) is 23.2. The molecule has 0 aliphatic carbocycles. The number of hydrogen-bond donors (Lipinski definition) is 3. The number of esters is 1. The Bertz CT molecular complexity index is 927. The second-order valence-corrected chi connectivity index (χ2v) is 8.75. The molecule has 1 atom stereocenters. The maximum absolute atomic E-state index is 12.4. The molecule has 0 aliphatic heterocycles. The first-order chi connectivity index (χ1) is 14.5. The van der Waals surface area contributed by atoms with Crippen molar-refractivity contribution in [3.05, 3.63) is 35.5 Å². The van der Waals surface area contributed by atoms with Gasteiger partial charge in [-0.15, -0.1) is 0 Å². The van der Waals surface area contributed by atoms with E-state index in [9.17, 15) is 14.4 Å². The van der Waals surface area contributed by atoms with Crippen LogP contribution in [-0.4, -0.2) is 47.2 Å². The zero-order valence-electron chi connectivity index (χ0n) is 19.1. The van der Waals surface area contributed by atoms with Crippen LogP contribution in [0.2, 0.25) is 0 Å². The van der Waals surface area contributed by atoms with Crippen molar-refractivity contribution in [3.8, 4) is 0 Å². The summed E-state index contributed by atoms with van der Waals surface area (Å²) in [5, 5.41) is 6.36. The number of aromatic amines is 1. The fourth-order valence-corrected chi connectivity index (χ4v) is 3.15. The molecule has 0 aliphatic rings. The van der Waals surface area contributed by atoms with Gasteiger partial charge < -0.3 is 25.1 Å². The average Bonchev–Trinajstić information content (AvgIpc) is 2.96. The summed E-state index contributed by atoms with van der Waals surface area (Å²) in [7, 11) is 0. The summed E-state index contributed by atoms with van der Waals surface area (Å²) < 4.78 is 10.4. The largest absolute Gasteiger partial charge is 0.463 e. The van der Waals surface area contributed by atoms with E-state index in [-0.39, 0.29) is 24.4 Å². The van der Waals surface area contributed by atoms with Crippen molar-refractivity contribution in [2.24, 2.45) is 0 Å². The standard InChI is InChI=1S/C23H33N3O5/c1-14(2)30-20(27)13-19-17(16-9-7-8-10-18(16)26-19)11-12-24-21(28)15(3)25-22(29)31-23(4,5)6/h7-10,14-15,26H,11-13H2,1-6H3,(H,24,28)(H,25,29). The predicted molar refractivity (Wildman–Crippen MR) is 119 cm³/mol. The average molecular weight is 432 g/mol. The zero-order valence-corrected chi connectivity index (χ0v) is 19.1. The third-order valence-electron chi connectivity index (χ3n) is 4.39. The van der Waals surface area contributed by atoms with Crippen molar-refractivity contribution in [1.29, 1.82) is 0 Å². The van der Waals surface area contributed by atoms with Crippen LogP contribution in [-0.2, 0) is 31.9 Å². The summed E-state index contributed by atoms with van der Waals surface area (Å²) in [6, 6.07) is 7.04. The van der Waals surface area contributed by atoms with Gasteiger partial charge in [-0.2, -0.15) is 0 Å². The Hall–Kier alpha value is -3.03. The van der Waals surface area contributed by atoms with Gasteiger partial charge in [0.2, 0.25) is 5.91 Å². The van der Waals surface area contributed by atoms with E-state index in [4.69, 9.17) is 9.47 Å². The number of para-hydroxylation sites is 1. The molecule has 170 valence electrons. The molecule has 3 N–H and O–H groups in total. The Balaban J connectivity index is 2.00. The maximum atomic E-state index is 12.4. The van der Waals surface area contributed by atoms with Crippen LogP contribution in [0.15, 0.2) is 24.3 Å². The van der Waals surface area contributed by atoms with Crippen LogP contribution in [0.5, 0.6) is 0 Å². The highest BCUT2D eigenvalue weighted by molar-refractivity contribution is 5.87. The van der Waals surface area contributed by atoms with E-state index in [0.29, 0.717) is 13.0 Å². The summed E-state index contributed by atoms with van der Waals surface area (Å²) >= 11 is 0. The molecule has 0 radical (unpaired) electrons. The van der Waals surface area contributed by atoms with E-state index in [1.54, 1.807) is 27.7 Å². The molecule has 1 heterocycles. The van der Waals surface area contributed by atoms with Crippen LogP contribution >= 0.6 is 0 Å². The number of H-pyrrole nitrogens is 1. The third-order valence-corrected chi connectivity index (χ3v) is 4.39. The molecule has 8 heteroatoms. The lowest BCUT2D eigenvalue weighted by molar-refractivity contribution is -0.146. The van der Waals surface area contributed by atoms with Gasteiger partial charge in [0.05, 0.1) is 12.5 Å². The van der Waals surface area contributed by atoms with E-state index < -0.39 is 17.7 Å². The van der Waals surface area contributed by atoms with Crippen molar-refractivity contribution < 1.29 is 23.9 Å². The highest BCUT2D eigenvalue weighted by Crippen LogP contribution is 2.23. The Morgan fingerprint density at radius 3 is 2.42 bits per heavy atom. The number of alkyl carbamates (subject to hydrolysis) is 1. The fourth-order valence-electron chi connectivity index (χ4n) is 3.15. The van der Waals surface area contributed by atoms with Gasteiger partial charge in [0, 0.05) is 23.1 Å². The Kier molecular flexibility index (Phi) is 8.08. The van der Waals surface area contributed by atoms with Gasteiger partial charge in [0.15, 0.2) is 0 Å². The molecule has 8 nitrogen and oxygen atoms in total. The molecule has 0 fully saturated rings. The van der Waals surface area contributed by atoms with Crippen molar-refractivity contribution >= 4 is 28.9 Å². The number of carbonyl (C=O) groups is 3. The van der Waals surface area contributed by atoms with Crippen molar-refractivity contribution in [2.45, 2.75) is 72.1 Å². The second kappa shape index (κ2) is 10.3. The Morgan fingerprint density at radius 2 is 1.77 bits per heavy atom. The van der Waals surface area contributed by atoms with Crippen LogP contribution in [0.3, 0.4) is 0 Å². The number of fused-ring (bicyclic) bond motifs is 1. The van der Waals surface area contributed by atoms with E-state index in [1.807, 2.05) is 38.1 Å². The molecule has 1 aromatic carbocycles. The minimum Gasteiger partial charge on any atom is -0.463 e. The topological polar surface area (TPSA) is 110 Å². The molecule has 1 aromatic heterocycles. The van der Waals surface area contributed by atoms with Crippen molar-refractivity contribution in [2.75, 3.05) is 6.54 Å². The van der Waals surface area contributed by atoms with E-state index in [0.717, 1.165) is 22.2 Å². The van der Waals surface area contributed by atoms with E-state index in [1.165, 1.54) is 0 Å². The van der Waals surface area contributed by atoms with Gasteiger partial charge in [-0.1, -0.05) is 18.2 Å². The molecule has 0 spiro atoms. The number of benzene rings is 1. The number of hydrogen-bond acceptors (Lipinski definition) is 5. The fraction of sp³-hybridized carbons (Fsp3) is 0.522. The normalized spacial score (nSPS) is 12.5. The number of aromatic nitrogens is 1. The minimum absolute atomic E-state index is 0.132. The summed E-state index contributed by atoms with van der Waals surface area (Å²) in [5.74, 6) is -0.617. The summed E-state index contributed by atoms with van der Waals surface area (Å²) in [6.07, 6.45) is -0.164. The molecule has 0 bridgehead atoms. The second-order valence-electron chi connectivity index (χ2n) is 8.75. The van der Waals surface area contributed by atoms with Crippen molar-refractivity contribution in [3.63, 3.8) is 0 Å². The monoisotopic (exact) mass is 431 g/mol. The molecule has 31 heavy (non-hydrogen) atoms. The predicted octanol–water partition coefficient (Wildman–Crippen LogP) is 3.23. The van der Waals surface area contributed by atoms with Crippen LogP contribution < -0.4 is 10.6 Å². The molecule has 2 amide bonds. The first-order valence-electron chi connectivity index (χ1n) is 10.5. The molecular formula is C23H33N3O5. The van der Waals surface area contributed by atoms with Crippen LogP contribution in [0.25, 0.3) is 10.9 Å². The summed E-state index contributed by atoms with van der Waals surface area (Å²) in [4.78, 5) is 39.7. The van der Waals surface area contributed by atoms with Gasteiger partial charge in [0.25, 0.3) is 0 Å². The SMILES string of the molecule is CC(C)OC(=O)Cc1[nH]c2ccccc2c1CCNC(=O)C(C)NC(=O)OC(C)(C)C. The van der Waals surface area contributed by atoms with Gasteiger partial charge in [-0.25, -0.2) is 4.79 Å². The van der Waals surface area contributed by atoms with Gasteiger partial charge in [-0.3, -0.25) is 9.59 Å². The lowest BCUT2D eigenvalue weighted by atomic mass is 10.1. The van der Waals surface area contributed by atoms with E-state index >= 15 is 0 Å². The number of ether oxygens (including phenoxy) is 2. The molecule has 1 unspecified atom stereocenters. The molecule has 2 aromatic rings. The molecular weight excluding hydrogens is 398 g/mol. The van der Waals surface area contributed by atoms with Gasteiger partial charge >= 0.3 is 12.1 Å². The molecule has 2 rings (SSSR count). The lowest BCUT2D eigenvalue weighted by Gasteiger charge is -2.21. The van der Waals surface area contributed by atoms with Gasteiger partial charge in [0.1, 0.15) is 11.6 Å². The highest BCUT2D eigenvalue weighted by Gasteiger charge is 2.21. The molecule has 0 saturated heterocycles. The number of rotatable bonds is 8. The first kappa shape index (κ1) is 24.2. The number of carbonyl (C=O) groups excluding carboxylic acids is 3. The lowest BCUT2D eigenvalue weighted by Crippen LogP contribution is -2.46. The van der Waals surface area contributed by atoms with E-state index in [2.05, 4.69) is 15.6 Å². The van der Waals surface area contributed by atoms with Crippen LogP contribution in [0.1, 0.15) is 52.8 Å². The van der Waals surface area contributed by atoms with Gasteiger partial charge in [-0.05, 0) is 59.6 Å². The summed E-state index contributed by atoms with van der Waals surface area (Å²) in [6.45, 7) is 10.8. The number of amides is 2. The molecule has 0 saturated carbocycles. The first-order valence-corrected chi connectivity index (χ1v) is 10.5. The Labute approximate surface area is 183 Å². The van der Waals surface area contributed by atoms with Crippen LogP contribution in [0, 0.1) is 0 Å². The van der Waals surface area contributed by atoms with Crippen LogP contribution in [0.4, 0.5) is 4.79 Å². The quantitative estimate of drug-likeness (QED) is 0.556. The number of nitrogens with one attached hydrogen (secondary N) is 3. The third kappa shape index (κ3) is 7.62. The summed E-state index contributed by atoms with van der Waals surface area (Å²) in [5.41, 5.74) is 2.03. The highest BCUT2D eigenvalue weighted by atomic mass is 16.6.